The van der Waals surface area contributed by atoms with Gasteiger partial charge in [-0.1, -0.05) is 36.4 Å². The van der Waals surface area contributed by atoms with Gasteiger partial charge < -0.3 is 15.0 Å². The van der Waals surface area contributed by atoms with Gasteiger partial charge in [-0.2, -0.15) is 0 Å². The summed E-state index contributed by atoms with van der Waals surface area (Å²) in [6, 6.07) is 20.4. The first-order valence-electron chi connectivity index (χ1n) is 6.90. The monoisotopic (exact) mass is 270 g/mol. The van der Waals surface area contributed by atoms with E-state index in [0.717, 1.165) is 18.8 Å². The van der Waals surface area contributed by atoms with E-state index in [4.69, 9.17) is 4.74 Å². The van der Waals surface area contributed by atoms with Gasteiger partial charge >= 0.3 is 0 Å². The summed E-state index contributed by atoms with van der Waals surface area (Å²) in [7, 11) is 4.01. The van der Waals surface area contributed by atoms with Gasteiger partial charge in [-0.25, -0.2) is 0 Å². The Morgan fingerprint density at radius 2 is 1.60 bits per heavy atom. The van der Waals surface area contributed by atoms with E-state index in [1.165, 1.54) is 5.69 Å². The van der Waals surface area contributed by atoms with Crippen molar-refractivity contribution in [2.45, 2.75) is 6.10 Å². The van der Waals surface area contributed by atoms with Crippen molar-refractivity contribution < 1.29 is 4.74 Å². The third-order valence-corrected chi connectivity index (χ3v) is 3.14. The topological polar surface area (TPSA) is 27.8 Å². The number of nitrogens with zero attached hydrogens (tertiary/aromatic N) is 1. The van der Waals surface area contributed by atoms with Crippen LogP contribution in [-0.4, -0.2) is 33.4 Å². The number of anilines is 2. The average molecular weight is 270 g/mol. The molecule has 1 aliphatic rings. The van der Waals surface area contributed by atoms with Crippen LogP contribution in [0.4, 0.5) is 11.4 Å². The summed E-state index contributed by atoms with van der Waals surface area (Å²) >= 11 is 0. The highest BCUT2D eigenvalue weighted by atomic mass is 16.6. The number of rotatable bonds is 4. The van der Waals surface area contributed by atoms with Crippen LogP contribution in [0.25, 0.3) is 0 Å². The van der Waals surface area contributed by atoms with E-state index in [-0.39, 0.29) is 0 Å². The molecule has 0 bridgehead atoms. The van der Waals surface area contributed by atoms with Gasteiger partial charge in [0.15, 0.2) is 0 Å². The van der Waals surface area contributed by atoms with Crippen LogP contribution < -0.4 is 10.2 Å². The number of hydrogen-bond acceptors (Lipinski definition) is 3. The number of nitrogens with one attached hydrogen (secondary N) is 1. The van der Waals surface area contributed by atoms with E-state index in [2.05, 4.69) is 41.5 Å². The van der Waals surface area contributed by atoms with Gasteiger partial charge in [0, 0.05) is 32.0 Å². The molecule has 3 heteroatoms. The van der Waals surface area contributed by atoms with E-state index in [0.29, 0.717) is 6.10 Å². The predicted octanol–water partition coefficient (Wildman–Crippen LogP) is 3.25. The minimum atomic E-state index is 0.468. The van der Waals surface area contributed by atoms with Gasteiger partial charge in [-0.3, -0.25) is 0 Å². The molecule has 1 heterocycles. The highest BCUT2D eigenvalue weighted by Crippen LogP contribution is 2.16. The van der Waals surface area contributed by atoms with Crippen molar-refractivity contribution in [3.63, 3.8) is 0 Å². The van der Waals surface area contributed by atoms with E-state index >= 15 is 0 Å². The maximum atomic E-state index is 5.16. The molecule has 3 nitrogen and oxygen atoms in total. The van der Waals surface area contributed by atoms with E-state index in [1.54, 1.807) is 0 Å². The standard InChI is InChI=1S/C10H13NO.C7H9N/c1-11(7-10-8-12-10)9-5-3-2-4-6-9;1-8-7-5-3-2-4-6-7/h2-6,10H,7-8H2,1H3;2-6,8H,1H3. The van der Waals surface area contributed by atoms with Crippen LogP contribution in [0.15, 0.2) is 60.7 Å². The van der Waals surface area contributed by atoms with Crippen molar-refractivity contribution in [2.24, 2.45) is 0 Å². The molecule has 0 radical (unpaired) electrons. The molecule has 1 atom stereocenters. The van der Waals surface area contributed by atoms with Gasteiger partial charge in [0.05, 0.1) is 12.7 Å². The Hall–Kier alpha value is -2.00. The molecule has 106 valence electrons. The minimum Gasteiger partial charge on any atom is -0.388 e. The van der Waals surface area contributed by atoms with Crippen LogP contribution in [0.5, 0.6) is 0 Å². The highest BCUT2D eigenvalue weighted by Gasteiger charge is 2.23. The van der Waals surface area contributed by atoms with Crippen molar-refractivity contribution in [1.82, 2.24) is 0 Å². The van der Waals surface area contributed by atoms with Crippen LogP contribution in [0.1, 0.15) is 0 Å². The van der Waals surface area contributed by atoms with E-state index < -0.39 is 0 Å². The van der Waals surface area contributed by atoms with Crippen molar-refractivity contribution in [3.05, 3.63) is 60.7 Å². The SMILES string of the molecule is CN(CC1CO1)c1ccccc1.CNc1ccccc1. The Balaban J connectivity index is 0.000000160. The van der Waals surface area contributed by atoms with Crippen LogP contribution in [0, 0.1) is 0 Å². The average Bonchev–Trinajstić information content (AvgIpc) is 3.33. The summed E-state index contributed by atoms with van der Waals surface area (Å²) in [5.74, 6) is 0. The Morgan fingerprint density at radius 1 is 1.05 bits per heavy atom. The second-order valence-corrected chi connectivity index (χ2v) is 4.79. The van der Waals surface area contributed by atoms with Crippen molar-refractivity contribution in [2.75, 3.05) is 37.5 Å². The molecule has 0 saturated carbocycles. The molecule has 1 N–H and O–H groups in total. The largest absolute Gasteiger partial charge is 0.388 e. The Morgan fingerprint density at radius 3 is 2.05 bits per heavy atom. The molecule has 2 aromatic rings. The molecule has 0 amide bonds. The fourth-order valence-electron chi connectivity index (χ4n) is 1.87. The number of hydrogen-bond donors (Lipinski definition) is 1. The lowest BCUT2D eigenvalue weighted by Crippen LogP contribution is -2.22. The summed E-state index contributed by atoms with van der Waals surface area (Å²) in [4.78, 5) is 2.22. The predicted molar refractivity (Wildman–Crippen MR) is 85.4 cm³/mol. The Labute approximate surface area is 121 Å². The van der Waals surface area contributed by atoms with E-state index in [9.17, 15) is 0 Å². The number of benzene rings is 2. The van der Waals surface area contributed by atoms with Crippen molar-refractivity contribution in [1.29, 1.82) is 0 Å². The fraction of sp³-hybridized carbons (Fsp3) is 0.294. The second-order valence-electron chi connectivity index (χ2n) is 4.79. The first kappa shape index (κ1) is 14.4. The molecule has 1 unspecified atom stereocenters. The Kier molecular flexibility index (Phi) is 5.44. The molecule has 20 heavy (non-hydrogen) atoms. The smallest absolute Gasteiger partial charge is 0.0984 e. The fourth-order valence-corrected chi connectivity index (χ4v) is 1.87. The molecule has 3 rings (SSSR count). The van der Waals surface area contributed by atoms with E-state index in [1.807, 2.05) is 43.4 Å². The van der Waals surface area contributed by atoms with Gasteiger partial charge in [0.2, 0.25) is 0 Å². The number of likely N-dealkylation sites (N-methyl/N-ethyl adjacent to an activating group) is 1. The molecular formula is C17H22N2O. The quantitative estimate of drug-likeness (QED) is 0.864. The molecule has 0 spiro atoms. The lowest BCUT2D eigenvalue weighted by Gasteiger charge is -2.17. The maximum absolute atomic E-state index is 5.16. The van der Waals surface area contributed by atoms with Crippen LogP contribution in [-0.2, 0) is 4.74 Å². The maximum Gasteiger partial charge on any atom is 0.0984 e. The third-order valence-electron chi connectivity index (χ3n) is 3.14. The summed E-state index contributed by atoms with van der Waals surface area (Å²) in [6.07, 6.45) is 0.468. The molecule has 1 aliphatic heterocycles. The number of epoxide rings is 1. The lowest BCUT2D eigenvalue weighted by molar-refractivity contribution is 0.410. The van der Waals surface area contributed by atoms with Gasteiger partial charge in [-0.15, -0.1) is 0 Å². The summed E-state index contributed by atoms with van der Waals surface area (Å²) in [5.41, 5.74) is 2.42. The van der Waals surface area contributed by atoms with Crippen LogP contribution >= 0.6 is 0 Å². The minimum absolute atomic E-state index is 0.468. The zero-order chi connectivity index (χ0) is 14.2. The molecule has 0 aromatic heterocycles. The normalized spacial score (nSPS) is 15.8. The molecule has 2 aromatic carbocycles. The number of para-hydroxylation sites is 2. The van der Waals surface area contributed by atoms with Crippen molar-refractivity contribution in [3.8, 4) is 0 Å². The van der Waals surface area contributed by atoms with Crippen LogP contribution in [0.2, 0.25) is 0 Å². The van der Waals surface area contributed by atoms with Crippen molar-refractivity contribution >= 4 is 11.4 Å². The second kappa shape index (κ2) is 7.56. The molecule has 1 fully saturated rings. The molecule has 1 saturated heterocycles. The third kappa shape index (κ3) is 4.94. The first-order chi connectivity index (χ1) is 9.79. The Bertz CT molecular complexity index is 483. The zero-order valence-electron chi connectivity index (χ0n) is 12.1. The lowest BCUT2D eigenvalue weighted by atomic mass is 10.3. The first-order valence-corrected chi connectivity index (χ1v) is 6.90. The van der Waals surface area contributed by atoms with Crippen LogP contribution in [0.3, 0.4) is 0 Å². The summed E-state index contributed by atoms with van der Waals surface area (Å²) in [5, 5.41) is 3.03. The molecule has 0 aliphatic carbocycles. The summed E-state index contributed by atoms with van der Waals surface area (Å²) < 4.78 is 5.16. The van der Waals surface area contributed by atoms with Gasteiger partial charge in [-0.05, 0) is 24.3 Å². The number of ether oxygens (including phenoxy) is 1. The molecular weight excluding hydrogens is 248 g/mol. The summed E-state index contributed by atoms with van der Waals surface area (Å²) in [6.45, 7) is 1.93. The van der Waals surface area contributed by atoms with Gasteiger partial charge in [0.25, 0.3) is 0 Å². The highest BCUT2D eigenvalue weighted by molar-refractivity contribution is 5.45. The zero-order valence-corrected chi connectivity index (χ0v) is 12.1. The van der Waals surface area contributed by atoms with Gasteiger partial charge in [0.1, 0.15) is 0 Å².